The van der Waals surface area contributed by atoms with E-state index in [0.717, 1.165) is 24.1 Å². The monoisotopic (exact) mass is 309 g/mol. The van der Waals surface area contributed by atoms with E-state index in [0.29, 0.717) is 0 Å². The summed E-state index contributed by atoms with van der Waals surface area (Å²) >= 11 is 3.57. The maximum atomic E-state index is 12.2. The van der Waals surface area contributed by atoms with Crippen LogP contribution in [0.4, 0.5) is 5.69 Å². The van der Waals surface area contributed by atoms with Crippen LogP contribution >= 0.6 is 15.9 Å². The fourth-order valence-electron chi connectivity index (χ4n) is 2.56. The molecule has 1 N–H and O–H groups in total. The molecule has 0 aliphatic heterocycles. The molecule has 1 unspecified atom stereocenters. The van der Waals surface area contributed by atoms with Gasteiger partial charge in [-0.2, -0.15) is 0 Å². The minimum absolute atomic E-state index is 0.190. The molecule has 1 amide bonds. The third-order valence-corrected chi connectivity index (χ3v) is 4.12. The number of halogens is 1. The molecular weight excluding hydrogens is 290 g/mol. The molecule has 1 atom stereocenters. The van der Waals surface area contributed by atoms with E-state index in [1.54, 1.807) is 0 Å². The average molecular weight is 310 g/mol. The summed E-state index contributed by atoms with van der Waals surface area (Å²) in [4.78, 5) is 12.5. The molecule has 3 heteroatoms. The number of rotatable bonds is 3. The van der Waals surface area contributed by atoms with Crippen LogP contribution in [-0.4, -0.2) is 5.91 Å². The predicted octanol–water partition coefficient (Wildman–Crippen LogP) is 4.66. The van der Waals surface area contributed by atoms with Gasteiger partial charge >= 0.3 is 0 Å². The van der Waals surface area contributed by atoms with Crippen LogP contribution in [0.2, 0.25) is 0 Å². The van der Waals surface area contributed by atoms with Crippen molar-refractivity contribution in [1.29, 1.82) is 0 Å². The number of carbonyl (C=O) groups is 1. The summed E-state index contributed by atoms with van der Waals surface area (Å²) in [6, 6.07) is 8.00. The van der Waals surface area contributed by atoms with Gasteiger partial charge in [-0.25, -0.2) is 0 Å². The smallest absolute Gasteiger partial charge is 0.227 e. The summed E-state index contributed by atoms with van der Waals surface area (Å²) in [7, 11) is 0. The van der Waals surface area contributed by atoms with Gasteiger partial charge < -0.3 is 5.32 Å². The Morgan fingerprint density at radius 3 is 2.61 bits per heavy atom. The molecule has 18 heavy (non-hydrogen) atoms. The van der Waals surface area contributed by atoms with Crippen molar-refractivity contribution in [3.63, 3.8) is 0 Å². The van der Waals surface area contributed by atoms with Crippen LogP contribution in [-0.2, 0) is 4.79 Å². The van der Waals surface area contributed by atoms with E-state index in [2.05, 4.69) is 34.2 Å². The molecule has 2 rings (SSSR count). The first kappa shape index (κ1) is 13.6. The normalized spacial score (nSPS) is 18.3. The second-order valence-corrected chi connectivity index (χ2v) is 6.40. The molecule has 0 aromatic heterocycles. The van der Waals surface area contributed by atoms with Gasteiger partial charge in [-0.15, -0.1) is 0 Å². The van der Waals surface area contributed by atoms with E-state index in [1.165, 1.54) is 19.3 Å². The molecule has 1 aliphatic carbocycles. The molecule has 0 radical (unpaired) electrons. The molecule has 0 spiro atoms. The summed E-state index contributed by atoms with van der Waals surface area (Å²) in [5.74, 6) is 0.396. The summed E-state index contributed by atoms with van der Waals surface area (Å²) in [5.41, 5.74) is 2.08. The van der Waals surface area contributed by atoms with Crippen molar-refractivity contribution < 1.29 is 4.79 Å². The highest BCUT2D eigenvalue weighted by molar-refractivity contribution is 9.09. The lowest BCUT2D eigenvalue weighted by atomic mass is 9.88. The Hall–Kier alpha value is -0.830. The van der Waals surface area contributed by atoms with Crippen molar-refractivity contribution in [2.75, 3.05) is 5.32 Å². The first-order chi connectivity index (χ1) is 8.68. The predicted molar refractivity (Wildman–Crippen MR) is 79.0 cm³/mol. The van der Waals surface area contributed by atoms with Crippen LogP contribution < -0.4 is 5.32 Å². The van der Waals surface area contributed by atoms with Crippen molar-refractivity contribution in [1.82, 2.24) is 0 Å². The quantitative estimate of drug-likeness (QED) is 0.808. The number of carbonyl (C=O) groups excluding carboxylic acids is 1. The third kappa shape index (κ3) is 3.35. The highest BCUT2D eigenvalue weighted by atomic mass is 79.9. The SMILES string of the molecule is CC(Br)c1ccccc1NC(=O)C1CCCCC1. The first-order valence-electron chi connectivity index (χ1n) is 6.72. The summed E-state index contributed by atoms with van der Waals surface area (Å²) < 4.78 is 0. The molecule has 1 aromatic carbocycles. The number of benzene rings is 1. The molecule has 1 fully saturated rings. The highest BCUT2D eigenvalue weighted by Crippen LogP contribution is 2.30. The van der Waals surface area contributed by atoms with Crippen molar-refractivity contribution in [2.45, 2.75) is 43.9 Å². The Labute approximate surface area is 117 Å². The number of para-hydroxylation sites is 1. The van der Waals surface area contributed by atoms with Gasteiger partial charge in [-0.05, 0) is 31.4 Å². The van der Waals surface area contributed by atoms with Gasteiger partial charge in [0.25, 0.3) is 0 Å². The van der Waals surface area contributed by atoms with Gasteiger partial charge in [0, 0.05) is 16.4 Å². The molecule has 0 bridgehead atoms. The lowest BCUT2D eigenvalue weighted by Gasteiger charge is -2.22. The Balaban J connectivity index is 2.06. The molecule has 1 aliphatic rings. The summed E-state index contributed by atoms with van der Waals surface area (Å²) in [5, 5.41) is 3.09. The molecular formula is C15H20BrNO. The van der Waals surface area contributed by atoms with Crippen LogP contribution in [0.3, 0.4) is 0 Å². The molecule has 1 saturated carbocycles. The highest BCUT2D eigenvalue weighted by Gasteiger charge is 2.21. The van der Waals surface area contributed by atoms with Gasteiger partial charge in [-0.1, -0.05) is 53.4 Å². The fourth-order valence-corrected chi connectivity index (χ4v) is 2.96. The molecule has 0 heterocycles. The number of amides is 1. The minimum Gasteiger partial charge on any atom is -0.326 e. The second-order valence-electron chi connectivity index (χ2n) is 5.03. The number of hydrogen-bond donors (Lipinski definition) is 1. The van der Waals surface area contributed by atoms with E-state index >= 15 is 0 Å². The minimum atomic E-state index is 0.190. The Morgan fingerprint density at radius 2 is 1.94 bits per heavy atom. The van der Waals surface area contributed by atoms with Gasteiger partial charge in [0.15, 0.2) is 0 Å². The van der Waals surface area contributed by atoms with E-state index < -0.39 is 0 Å². The van der Waals surface area contributed by atoms with E-state index in [9.17, 15) is 4.79 Å². The van der Waals surface area contributed by atoms with Gasteiger partial charge in [0.2, 0.25) is 5.91 Å². The largest absolute Gasteiger partial charge is 0.326 e. The lowest BCUT2D eigenvalue weighted by molar-refractivity contribution is -0.120. The van der Waals surface area contributed by atoms with Crippen molar-refractivity contribution in [3.05, 3.63) is 29.8 Å². The second kappa shape index (κ2) is 6.37. The zero-order chi connectivity index (χ0) is 13.0. The van der Waals surface area contributed by atoms with Gasteiger partial charge in [0.1, 0.15) is 0 Å². The number of nitrogens with one attached hydrogen (secondary N) is 1. The van der Waals surface area contributed by atoms with Crippen molar-refractivity contribution in [2.24, 2.45) is 5.92 Å². The fraction of sp³-hybridized carbons (Fsp3) is 0.533. The zero-order valence-corrected chi connectivity index (χ0v) is 12.4. The Kier molecular flexibility index (Phi) is 4.81. The van der Waals surface area contributed by atoms with Crippen LogP contribution in [0.15, 0.2) is 24.3 Å². The lowest BCUT2D eigenvalue weighted by Crippen LogP contribution is -2.25. The number of alkyl halides is 1. The molecule has 2 nitrogen and oxygen atoms in total. The average Bonchev–Trinajstić information content (AvgIpc) is 2.40. The topological polar surface area (TPSA) is 29.1 Å². The van der Waals surface area contributed by atoms with Crippen LogP contribution in [0, 0.1) is 5.92 Å². The van der Waals surface area contributed by atoms with Crippen LogP contribution in [0.1, 0.15) is 49.4 Å². The molecule has 1 aromatic rings. The Morgan fingerprint density at radius 1 is 1.28 bits per heavy atom. The molecule has 0 saturated heterocycles. The standard InChI is InChI=1S/C15H20BrNO/c1-11(16)13-9-5-6-10-14(13)17-15(18)12-7-3-2-4-8-12/h5-6,9-12H,2-4,7-8H2,1H3,(H,17,18). The molecule has 98 valence electrons. The van der Waals surface area contributed by atoms with Crippen LogP contribution in [0.5, 0.6) is 0 Å². The number of anilines is 1. The van der Waals surface area contributed by atoms with E-state index in [1.807, 2.05) is 18.2 Å². The van der Waals surface area contributed by atoms with Crippen LogP contribution in [0.25, 0.3) is 0 Å². The van der Waals surface area contributed by atoms with E-state index in [4.69, 9.17) is 0 Å². The van der Waals surface area contributed by atoms with Crippen molar-refractivity contribution >= 4 is 27.5 Å². The number of hydrogen-bond acceptors (Lipinski definition) is 1. The summed E-state index contributed by atoms with van der Waals surface area (Å²) in [6.45, 7) is 2.07. The van der Waals surface area contributed by atoms with Gasteiger partial charge in [-0.3, -0.25) is 4.79 Å². The Bertz CT molecular complexity index is 411. The maximum absolute atomic E-state index is 12.2. The van der Waals surface area contributed by atoms with Crippen molar-refractivity contribution in [3.8, 4) is 0 Å². The maximum Gasteiger partial charge on any atom is 0.227 e. The van der Waals surface area contributed by atoms with Gasteiger partial charge in [0.05, 0.1) is 0 Å². The summed E-state index contributed by atoms with van der Waals surface area (Å²) in [6.07, 6.45) is 5.73. The zero-order valence-electron chi connectivity index (χ0n) is 10.8. The first-order valence-corrected chi connectivity index (χ1v) is 7.64. The van der Waals surface area contributed by atoms with E-state index in [-0.39, 0.29) is 16.7 Å². The third-order valence-electron chi connectivity index (χ3n) is 3.62.